The highest BCUT2D eigenvalue weighted by molar-refractivity contribution is 5.79. The lowest BCUT2D eigenvalue weighted by Gasteiger charge is -2.23. The average Bonchev–Trinajstić information content (AvgIpc) is 2.68. The molecule has 2 N–H and O–H groups in total. The predicted octanol–water partition coefficient (Wildman–Crippen LogP) is 2.95. The molecule has 1 aliphatic rings. The van der Waals surface area contributed by atoms with Gasteiger partial charge in [0.05, 0.1) is 7.11 Å². The van der Waals surface area contributed by atoms with Crippen molar-refractivity contribution in [1.29, 1.82) is 0 Å². The standard InChI is InChI=1S/C17H34N2O2/c1-4-8-15-9-7-13-19(14-10-15)12-6-5-11-17(2,18)16(20)21-3/h15H,4-14,18H2,1-3H3. The van der Waals surface area contributed by atoms with Gasteiger partial charge in [-0.3, -0.25) is 4.79 Å². The molecule has 2 atom stereocenters. The van der Waals surface area contributed by atoms with E-state index in [1.807, 2.05) is 0 Å². The van der Waals surface area contributed by atoms with E-state index in [0.717, 1.165) is 25.3 Å². The molecule has 1 fully saturated rings. The van der Waals surface area contributed by atoms with Crippen molar-refractivity contribution in [1.82, 2.24) is 4.90 Å². The van der Waals surface area contributed by atoms with Gasteiger partial charge < -0.3 is 15.4 Å². The van der Waals surface area contributed by atoms with Gasteiger partial charge in [0.25, 0.3) is 0 Å². The molecule has 1 heterocycles. The molecule has 4 nitrogen and oxygen atoms in total. The summed E-state index contributed by atoms with van der Waals surface area (Å²) in [5, 5.41) is 0. The quantitative estimate of drug-likeness (QED) is 0.553. The molecule has 0 spiro atoms. The Balaban J connectivity index is 2.19. The zero-order chi connectivity index (χ0) is 15.7. The monoisotopic (exact) mass is 298 g/mol. The molecule has 0 radical (unpaired) electrons. The first-order chi connectivity index (χ1) is 9.99. The van der Waals surface area contributed by atoms with E-state index in [9.17, 15) is 4.79 Å². The van der Waals surface area contributed by atoms with E-state index in [2.05, 4.69) is 11.8 Å². The van der Waals surface area contributed by atoms with Crippen LogP contribution < -0.4 is 5.73 Å². The second-order valence-electron chi connectivity index (χ2n) is 6.79. The Labute approximate surface area is 130 Å². The molecule has 4 heteroatoms. The Morgan fingerprint density at radius 2 is 2.10 bits per heavy atom. The number of hydrogen-bond donors (Lipinski definition) is 1. The van der Waals surface area contributed by atoms with E-state index in [-0.39, 0.29) is 5.97 Å². The van der Waals surface area contributed by atoms with Gasteiger partial charge >= 0.3 is 5.97 Å². The number of unbranched alkanes of at least 4 members (excludes halogenated alkanes) is 1. The zero-order valence-corrected chi connectivity index (χ0v) is 14.2. The summed E-state index contributed by atoms with van der Waals surface area (Å²) in [4.78, 5) is 14.1. The first-order valence-corrected chi connectivity index (χ1v) is 8.59. The van der Waals surface area contributed by atoms with Crippen molar-refractivity contribution < 1.29 is 9.53 Å². The third-order valence-corrected chi connectivity index (χ3v) is 4.71. The Hall–Kier alpha value is -0.610. The van der Waals surface area contributed by atoms with Gasteiger partial charge in [-0.1, -0.05) is 19.8 Å². The smallest absolute Gasteiger partial charge is 0.325 e. The van der Waals surface area contributed by atoms with E-state index in [1.165, 1.54) is 52.3 Å². The van der Waals surface area contributed by atoms with Crippen molar-refractivity contribution in [3.63, 3.8) is 0 Å². The fraction of sp³-hybridized carbons (Fsp3) is 0.941. The van der Waals surface area contributed by atoms with Crippen molar-refractivity contribution in [2.75, 3.05) is 26.7 Å². The Bertz CT molecular complexity index is 305. The van der Waals surface area contributed by atoms with Crippen LogP contribution in [0.2, 0.25) is 0 Å². The molecule has 1 aliphatic heterocycles. The van der Waals surface area contributed by atoms with Crippen LogP contribution in [0.1, 0.15) is 65.2 Å². The van der Waals surface area contributed by atoms with Crippen LogP contribution in [0.4, 0.5) is 0 Å². The zero-order valence-electron chi connectivity index (χ0n) is 14.2. The summed E-state index contributed by atoms with van der Waals surface area (Å²) >= 11 is 0. The van der Waals surface area contributed by atoms with Crippen molar-refractivity contribution >= 4 is 5.97 Å². The summed E-state index contributed by atoms with van der Waals surface area (Å²) in [5.41, 5.74) is 5.14. The number of esters is 1. The molecule has 0 aromatic rings. The molecule has 0 aromatic heterocycles. The Kier molecular flexibility index (Phi) is 8.27. The third kappa shape index (κ3) is 6.79. The second kappa shape index (κ2) is 9.42. The number of hydrogen-bond acceptors (Lipinski definition) is 4. The number of rotatable bonds is 8. The number of carbonyl (C=O) groups excluding carboxylic acids is 1. The normalized spacial score (nSPS) is 23.3. The van der Waals surface area contributed by atoms with Crippen LogP contribution in [-0.4, -0.2) is 43.2 Å². The van der Waals surface area contributed by atoms with Gasteiger partial charge in [-0.05, 0) is 71.0 Å². The van der Waals surface area contributed by atoms with Gasteiger partial charge in [-0.25, -0.2) is 0 Å². The van der Waals surface area contributed by atoms with Crippen LogP contribution >= 0.6 is 0 Å². The van der Waals surface area contributed by atoms with Gasteiger partial charge in [-0.15, -0.1) is 0 Å². The van der Waals surface area contributed by atoms with Gasteiger partial charge in [-0.2, -0.15) is 0 Å². The highest BCUT2D eigenvalue weighted by atomic mass is 16.5. The molecule has 21 heavy (non-hydrogen) atoms. The molecule has 0 bridgehead atoms. The summed E-state index contributed by atoms with van der Waals surface area (Å²) in [6.45, 7) is 7.66. The molecule has 0 aliphatic carbocycles. The number of nitrogens with zero attached hydrogens (tertiary/aromatic N) is 1. The maximum Gasteiger partial charge on any atom is 0.325 e. The molecular formula is C17H34N2O2. The number of ether oxygens (including phenoxy) is 1. The fourth-order valence-corrected chi connectivity index (χ4v) is 3.31. The minimum Gasteiger partial charge on any atom is -0.468 e. The molecule has 1 rings (SSSR count). The molecule has 1 saturated heterocycles. The molecule has 0 saturated carbocycles. The van der Waals surface area contributed by atoms with E-state index in [4.69, 9.17) is 10.5 Å². The van der Waals surface area contributed by atoms with Crippen molar-refractivity contribution in [2.45, 2.75) is 70.8 Å². The molecule has 0 aromatic carbocycles. The Morgan fingerprint density at radius 1 is 1.33 bits per heavy atom. The van der Waals surface area contributed by atoms with Crippen LogP contribution in [0.25, 0.3) is 0 Å². The maximum atomic E-state index is 11.5. The van der Waals surface area contributed by atoms with Crippen molar-refractivity contribution in [2.24, 2.45) is 11.7 Å². The van der Waals surface area contributed by atoms with Crippen molar-refractivity contribution in [3.8, 4) is 0 Å². The summed E-state index contributed by atoms with van der Waals surface area (Å²) in [5.74, 6) is 0.631. The SMILES string of the molecule is CCCC1CCCN(CCCCC(C)(N)C(=O)OC)CC1. The minimum atomic E-state index is -0.834. The average molecular weight is 298 g/mol. The number of likely N-dealkylation sites (tertiary alicyclic amines) is 1. The Morgan fingerprint density at radius 3 is 2.76 bits per heavy atom. The van der Waals surface area contributed by atoms with Crippen LogP contribution in [0, 0.1) is 5.92 Å². The topological polar surface area (TPSA) is 55.6 Å². The molecule has 0 amide bonds. The van der Waals surface area contributed by atoms with Crippen LogP contribution in [0.5, 0.6) is 0 Å². The molecule has 124 valence electrons. The van der Waals surface area contributed by atoms with E-state index in [1.54, 1.807) is 6.92 Å². The highest BCUT2D eigenvalue weighted by Gasteiger charge is 2.28. The summed E-state index contributed by atoms with van der Waals surface area (Å²) < 4.78 is 4.74. The van der Waals surface area contributed by atoms with Crippen LogP contribution in [0.3, 0.4) is 0 Å². The van der Waals surface area contributed by atoms with E-state index in [0.29, 0.717) is 6.42 Å². The fourth-order valence-electron chi connectivity index (χ4n) is 3.31. The largest absolute Gasteiger partial charge is 0.468 e. The van der Waals surface area contributed by atoms with Gasteiger partial charge in [0.2, 0.25) is 0 Å². The first-order valence-electron chi connectivity index (χ1n) is 8.59. The predicted molar refractivity (Wildman–Crippen MR) is 87.1 cm³/mol. The second-order valence-corrected chi connectivity index (χ2v) is 6.79. The van der Waals surface area contributed by atoms with Crippen molar-refractivity contribution in [3.05, 3.63) is 0 Å². The van der Waals surface area contributed by atoms with Crippen LogP contribution in [-0.2, 0) is 9.53 Å². The van der Waals surface area contributed by atoms with Gasteiger partial charge in [0.15, 0.2) is 0 Å². The lowest BCUT2D eigenvalue weighted by molar-refractivity contribution is -0.146. The third-order valence-electron chi connectivity index (χ3n) is 4.71. The summed E-state index contributed by atoms with van der Waals surface area (Å²) in [6, 6.07) is 0. The lowest BCUT2D eigenvalue weighted by atomic mass is 9.96. The summed E-state index contributed by atoms with van der Waals surface area (Å²) in [7, 11) is 1.40. The molecular weight excluding hydrogens is 264 g/mol. The van der Waals surface area contributed by atoms with E-state index < -0.39 is 5.54 Å². The maximum absolute atomic E-state index is 11.5. The number of methoxy groups -OCH3 is 1. The molecule has 2 unspecified atom stereocenters. The van der Waals surface area contributed by atoms with E-state index >= 15 is 0 Å². The first kappa shape index (κ1) is 18.4. The van der Waals surface area contributed by atoms with Gasteiger partial charge in [0.1, 0.15) is 5.54 Å². The lowest BCUT2D eigenvalue weighted by Crippen LogP contribution is -2.45. The van der Waals surface area contributed by atoms with Crippen LogP contribution in [0.15, 0.2) is 0 Å². The van der Waals surface area contributed by atoms with Gasteiger partial charge in [0, 0.05) is 0 Å². The minimum absolute atomic E-state index is 0.306. The number of carbonyl (C=O) groups is 1. The summed E-state index contributed by atoms with van der Waals surface area (Å²) in [6.07, 6.45) is 9.58. The highest BCUT2D eigenvalue weighted by Crippen LogP contribution is 2.22. The number of nitrogens with two attached hydrogens (primary N) is 1.